The van der Waals surface area contributed by atoms with Crippen LogP contribution in [0.3, 0.4) is 0 Å². The molecule has 0 aliphatic carbocycles. The van der Waals surface area contributed by atoms with E-state index in [4.69, 9.17) is 0 Å². The summed E-state index contributed by atoms with van der Waals surface area (Å²) >= 11 is 0. The first kappa shape index (κ1) is 22.6. The normalized spacial score (nSPS) is 12.9. The number of unbranched alkanes of at least 4 members (excludes halogenated alkanes) is 2. The largest absolute Gasteiger partial charge is 0.341 e. The fraction of sp³-hybridized carbons (Fsp3) is 0.417. The van der Waals surface area contributed by atoms with Gasteiger partial charge in [-0.05, 0) is 39.0 Å². The third kappa shape index (κ3) is 7.00. The molecule has 0 spiro atoms. The van der Waals surface area contributed by atoms with Gasteiger partial charge in [0.15, 0.2) is 11.6 Å². The highest BCUT2D eigenvalue weighted by Gasteiger charge is 2.20. The lowest BCUT2D eigenvalue weighted by Gasteiger charge is -2.22. The highest BCUT2D eigenvalue weighted by molar-refractivity contribution is 5.97. The van der Waals surface area contributed by atoms with E-state index in [1.54, 1.807) is 23.5 Å². The summed E-state index contributed by atoms with van der Waals surface area (Å²) < 4.78 is 0. The topological polar surface area (TPSA) is 81.7 Å². The first-order chi connectivity index (χ1) is 15.0. The molecular formula is C24H31N5O2. The van der Waals surface area contributed by atoms with Gasteiger partial charge >= 0.3 is 0 Å². The Morgan fingerprint density at radius 2 is 1.87 bits per heavy atom. The van der Waals surface area contributed by atoms with E-state index in [0.29, 0.717) is 25.3 Å². The molecule has 0 saturated carbocycles. The van der Waals surface area contributed by atoms with Crippen LogP contribution in [0.15, 0.2) is 53.9 Å². The summed E-state index contributed by atoms with van der Waals surface area (Å²) in [6.45, 7) is 1.93. The maximum Gasteiger partial charge on any atom is 0.290 e. The van der Waals surface area contributed by atoms with Crippen molar-refractivity contribution in [2.75, 3.05) is 27.2 Å². The van der Waals surface area contributed by atoms with Gasteiger partial charge in [0, 0.05) is 49.3 Å². The van der Waals surface area contributed by atoms with Crippen molar-refractivity contribution in [3.8, 4) is 0 Å². The van der Waals surface area contributed by atoms with Crippen molar-refractivity contribution < 1.29 is 9.59 Å². The van der Waals surface area contributed by atoms with Crippen LogP contribution in [0.5, 0.6) is 0 Å². The number of allylic oxidation sites excluding steroid dienone is 1. The Balaban J connectivity index is 1.57. The number of carbonyl (C=O) groups excluding carboxylic acids is 2. The molecule has 1 aromatic heterocycles. The van der Waals surface area contributed by atoms with Crippen molar-refractivity contribution in [1.82, 2.24) is 19.8 Å². The third-order valence-corrected chi connectivity index (χ3v) is 5.24. The second-order valence-corrected chi connectivity index (χ2v) is 8.12. The van der Waals surface area contributed by atoms with Gasteiger partial charge in [0.2, 0.25) is 0 Å². The standard InChI is InChI=1S/C24H31N5O2/c1-28(2)16-5-3-4-8-22(30)20-11-9-19(10-12-20)17-29(18-21-7-6-13-25-21)24(31)23-26-14-15-27-23/h6,9-15H,3-5,7-8,16-18H2,1-2H3,(H,26,27). The maximum absolute atomic E-state index is 12.9. The molecule has 1 aliphatic heterocycles. The van der Waals surface area contributed by atoms with E-state index in [1.807, 2.05) is 30.3 Å². The number of aromatic nitrogens is 2. The number of nitrogens with one attached hydrogen (secondary N) is 1. The summed E-state index contributed by atoms with van der Waals surface area (Å²) in [4.78, 5) is 40.5. The summed E-state index contributed by atoms with van der Waals surface area (Å²) in [5, 5.41) is 0. The van der Waals surface area contributed by atoms with Crippen molar-refractivity contribution in [3.05, 3.63) is 65.9 Å². The van der Waals surface area contributed by atoms with E-state index in [9.17, 15) is 9.59 Å². The first-order valence-electron chi connectivity index (χ1n) is 10.8. The number of aliphatic imine (C=N–C) groups is 1. The molecule has 2 heterocycles. The Kier molecular flexibility index (Phi) is 8.29. The SMILES string of the molecule is CN(C)CCCCCC(=O)c1ccc(CN(CC2=NC=CC2)C(=O)c2ncc[nH]2)cc1. The van der Waals surface area contributed by atoms with E-state index in [1.165, 1.54) is 0 Å². The van der Waals surface area contributed by atoms with Crippen LogP contribution in [0, 0.1) is 0 Å². The summed E-state index contributed by atoms with van der Waals surface area (Å²) in [5.41, 5.74) is 2.64. The molecule has 0 bridgehead atoms. The van der Waals surface area contributed by atoms with E-state index >= 15 is 0 Å². The van der Waals surface area contributed by atoms with E-state index in [0.717, 1.165) is 49.1 Å². The highest BCUT2D eigenvalue weighted by Crippen LogP contribution is 2.14. The molecule has 0 unspecified atom stereocenters. The molecule has 7 nitrogen and oxygen atoms in total. The molecule has 1 aromatic carbocycles. The molecule has 0 radical (unpaired) electrons. The van der Waals surface area contributed by atoms with Crippen LogP contribution in [-0.4, -0.2) is 64.4 Å². The number of hydrogen-bond acceptors (Lipinski definition) is 5. The van der Waals surface area contributed by atoms with E-state index in [-0.39, 0.29) is 11.7 Å². The zero-order chi connectivity index (χ0) is 22.1. The fourth-order valence-electron chi connectivity index (χ4n) is 3.51. The Hall–Kier alpha value is -3.06. The molecule has 164 valence electrons. The predicted molar refractivity (Wildman–Crippen MR) is 122 cm³/mol. The highest BCUT2D eigenvalue weighted by atomic mass is 16.2. The van der Waals surface area contributed by atoms with Gasteiger partial charge in [-0.15, -0.1) is 0 Å². The van der Waals surface area contributed by atoms with Gasteiger partial charge < -0.3 is 14.8 Å². The van der Waals surface area contributed by atoms with Gasteiger partial charge in [0.1, 0.15) is 0 Å². The van der Waals surface area contributed by atoms with Crippen LogP contribution >= 0.6 is 0 Å². The Labute approximate surface area is 183 Å². The summed E-state index contributed by atoms with van der Waals surface area (Å²) in [7, 11) is 4.13. The van der Waals surface area contributed by atoms with Crippen LogP contribution in [0.4, 0.5) is 0 Å². The van der Waals surface area contributed by atoms with Gasteiger partial charge in [-0.25, -0.2) is 4.98 Å². The number of carbonyl (C=O) groups is 2. The monoisotopic (exact) mass is 421 g/mol. The molecule has 0 atom stereocenters. The summed E-state index contributed by atoms with van der Waals surface area (Å²) in [6.07, 6.45) is 11.4. The van der Waals surface area contributed by atoms with Crippen LogP contribution in [0.2, 0.25) is 0 Å². The van der Waals surface area contributed by atoms with Gasteiger partial charge in [-0.3, -0.25) is 14.6 Å². The second kappa shape index (κ2) is 11.4. The third-order valence-electron chi connectivity index (χ3n) is 5.24. The Morgan fingerprint density at radius 1 is 1.06 bits per heavy atom. The average Bonchev–Trinajstić information content (AvgIpc) is 3.47. The fourth-order valence-corrected chi connectivity index (χ4v) is 3.51. The minimum atomic E-state index is -0.169. The lowest BCUT2D eigenvalue weighted by Crippen LogP contribution is -2.35. The van der Waals surface area contributed by atoms with E-state index in [2.05, 4.69) is 34.0 Å². The lowest BCUT2D eigenvalue weighted by atomic mass is 10.0. The summed E-state index contributed by atoms with van der Waals surface area (Å²) in [6, 6.07) is 7.58. The number of hydrogen-bond donors (Lipinski definition) is 1. The number of imidazole rings is 1. The number of H-pyrrole nitrogens is 1. The quantitative estimate of drug-likeness (QED) is 0.418. The molecule has 0 saturated heterocycles. The number of nitrogens with zero attached hydrogens (tertiary/aromatic N) is 4. The van der Waals surface area contributed by atoms with E-state index < -0.39 is 0 Å². The molecular weight excluding hydrogens is 390 g/mol. The minimum absolute atomic E-state index is 0.169. The number of benzene rings is 1. The second-order valence-electron chi connectivity index (χ2n) is 8.12. The van der Waals surface area contributed by atoms with Crippen molar-refractivity contribution in [2.24, 2.45) is 4.99 Å². The molecule has 1 amide bonds. The predicted octanol–water partition coefficient (Wildman–Crippen LogP) is 3.72. The average molecular weight is 422 g/mol. The van der Waals surface area contributed by atoms with Gasteiger partial charge in [-0.1, -0.05) is 36.8 Å². The van der Waals surface area contributed by atoms with Crippen molar-refractivity contribution in [3.63, 3.8) is 0 Å². The van der Waals surface area contributed by atoms with Crippen molar-refractivity contribution >= 4 is 17.4 Å². The number of rotatable bonds is 12. The minimum Gasteiger partial charge on any atom is -0.341 e. The number of aromatic amines is 1. The first-order valence-corrected chi connectivity index (χ1v) is 10.8. The smallest absolute Gasteiger partial charge is 0.290 e. The Bertz CT molecular complexity index is 914. The zero-order valence-electron chi connectivity index (χ0n) is 18.4. The van der Waals surface area contributed by atoms with Gasteiger partial charge in [0.25, 0.3) is 5.91 Å². The zero-order valence-corrected chi connectivity index (χ0v) is 18.4. The van der Waals surface area contributed by atoms with Gasteiger partial charge in [-0.2, -0.15) is 0 Å². The Morgan fingerprint density at radius 3 is 2.52 bits per heavy atom. The number of ketones is 1. The van der Waals surface area contributed by atoms with Crippen molar-refractivity contribution in [2.45, 2.75) is 38.6 Å². The molecule has 0 fully saturated rings. The maximum atomic E-state index is 12.9. The molecule has 31 heavy (non-hydrogen) atoms. The van der Waals surface area contributed by atoms with Crippen LogP contribution in [-0.2, 0) is 6.54 Å². The molecule has 2 aromatic rings. The lowest BCUT2D eigenvalue weighted by molar-refractivity contribution is 0.0757. The van der Waals surface area contributed by atoms with Gasteiger partial charge in [0.05, 0.1) is 6.54 Å². The molecule has 3 rings (SSSR count). The number of amides is 1. The van der Waals surface area contributed by atoms with Crippen LogP contribution < -0.4 is 0 Å². The molecule has 1 aliphatic rings. The molecule has 7 heteroatoms. The van der Waals surface area contributed by atoms with Crippen LogP contribution in [0.1, 0.15) is 58.6 Å². The number of Topliss-reactive ketones (excluding diaryl/α,β-unsaturated/α-hetero) is 1. The summed E-state index contributed by atoms with van der Waals surface area (Å²) in [5.74, 6) is 0.316. The van der Waals surface area contributed by atoms with Crippen LogP contribution in [0.25, 0.3) is 0 Å². The molecule has 1 N–H and O–H groups in total. The van der Waals surface area contributed by atoms with Crippen molar-refractivity contribution in [1.29, 1.82) is 0 Å².